The molecule has 0 amide bonds. The van der Waals surface area contributed by atoms with Crippen LogP contribution in [-0.2, 0) is 7.05 Å². The molecule has 172 valence electrons. The molecule has 3 N–H and O–H groups in total. The molecule has 0 saturated heterocycles. The third kappa shape index (κ3) is 4.05. The number of aromatic nitrogens is 3. The standard InChI is InChI=1S/C25H28N4O4/c1-5-29(6-2)14-8-9-17-15(3)16-12-13-18-22(21(16)24(32)26-17)28(4)25(27-18)33-23-19(30)10-7-11-20(23)31/h7-13,30-31H,5-6,14H2,1-4H3,(H,26,32)/b9-8+. The largest absolute Gasteiger partial charge is 0.504 e. The summed E-state index contributed by atoms with van der Waals surface area (Å²) in [6, 6.07) is 8.21. The van der Waals surface area contributed by atoms with E-state index in [1.807, 2.05) is 25.1 Å². The third-order valence-electron chi connectivity index (χ3n) is 5.99. The number of benzene rings is 2. The number of nitrogens with zero attached hydrogens (tertiary/aromatic N) is 3. The number of pyridine rings is 1. The summed E-state index contributed by atoms with van der Waals surface area (Å²) in [6.07, 6.45) is 4.02. The van der Waals surface area contributed by atoms with Crippen LogP contribution in [0.3, 0.4) is 0 Å². The summed E-state index contributed by atoms with van der Waals surface area (Å²) in [7, 11) is 1.73. The van der Waals surface area contributed by atoms with Gasteiger partial charge in [-0.15, -0.1) is 0 Å². The minimum atomic E-state index is -0.219. The molecule has 0 atom stereocenters. The van der Waals surface area contributed by atoms with Crippen molar-refractivity contribution < 1.29 is 14.9 Å². The Hall–Kier alpha value is -3.78. The van der Waals surface area contributed by atoms with Gasteiger partial charge in [-0.05, 0) is 55.2 Å². The number of H-pyrrole nitrogens is 1. The van der Waals surface area contributed by atoms with Crippen molar-refractivity contribution in [2.24, 2.45) is 7.05 Å². The smallest absolute Gasteiger partial charge is 0.302 e. The molecular weight excluding hydrogens is 420 g/mol. The lowest BCUT2D eigenvalue weighted by Crippen LogP contribution is -2.22. The van der Waals surface area contributed by atoms with Crippen LogP contribution in [0, 0.1) is 6.92 Å². The molecule has 2 aromatic heterocycles. The Morgan fingerprint density at radius 2 is 1.85 bits per heavy atom. The Morgan fingerprint density at radius 1 is 1.15 bits per heavy atom. The van der Waals surface area contributed by atoms with Crippen LogP contribution in [0.15, 0.2) is 41.2 Å². The quantitative estimate of drug-likeness (QED) is 0.390. The van der Waals surface area contributed by atoms with Crippen LogP contribution in [0.1, 0.15) is 25.1 Å². The Kier molecular flexibility index (Phi) is 6.11. The highest BCUT2D eigenvalue weighted by Gasteiger charge is 2.19. The number of hydrogen-bond donors (Lipinski definition) is 3. The van der Waals surface area contributed by atoms with Gasteiger partial charge in [-0.1, -0.05) is 32.1 Å². The number of likely N-dealkylation sites (N-methyl/N-ethyl adjacent to an activating group) is 1. The van der Waals surface area contributed by atoms with Gasteiger partial charge in [0, 0.05) is 19.3 Å². The molecule has 8 heteroatoms. The van der Waals surface area contributed by atoms with E-state index in [1.165, 1.54) is 18.2 Å². The molecule has 0 saturated carbocycles. The number of ether oxygens (including phenoxy) is 1. The van der Waals surface area contributed by atoms with Crippen LogP contribution in [0.25, 0.3) is 27.9 Å². The topological polar surface area (TPSA) is 104 Å². The zero-order valence-corrected chi connectivity index (χ0v) is 19.2. The first-order chi connectivity index (χ1) is 15.8. The monoisotopic (exact) mass is 448 g/mol. The average Bonchev–Trinajstić information content (AvgIpc) is 3.12. The summed E-state index contributed by atoms with van der Waals surface area (Å²) in [5.41, 5.74) is 2.70. The third-order valence-corrected chi connectivity index (χ3v) is 5.99. The highest BCUT2D eigenvalue weighted by atomic mass is 16.5. The first-order valence-corrected chi connectivity index (χ1v) is 10.9. The molecule has 0 spiro atoms. The van der Waals surface area contributed by atoms with E-state index >= 15 is 0 Å². The SMILES string of the molecule is CCN(CC)C/C=C/c1[nH]c(=O)c2c(ccc3nc(Oc4c(O)cccc4O)n(C)c32)c1C. The summed E-state index contributed by atoms with van der Waals surface area (Å²) < 4.78 is 7.37. The van der Waals surface area contributed by atoms with Crippen molar-refractivity contribution in [2.45, 2.75) is 20.8 Å². The van der Waals surface area contributed by atoms with Crippen molar-refractivity contribution in [3.8, 4) is 23.3 Å². The van der Waals surface area contributed by atoms with E-state index in [1.54, 1.807) is 11.6 Å². The van der Waals surface area contributed by atoms with E-state index in [4.69, 9.17) is 4.74 Å². The van der Waals surface area contributed by atoms with Gasteiger partial charge in [-0.2, -0.15) is 4.98 Å². The van der Waals surface area contributed by atoms with E-state index in [9.17, 15) is 15.0 Å². The molecule has 2 heterocycles. The maximum Gasteiger partial charge on any atom is 0.302 e. The molecule has 33 heavy (non-hydrogen) atoms. The molecule has 0 aliphatic heterocycles. The molecule has 2 aromatic carbocycles. The van der Waals surface area contributed by atoms with Crippen molar-refractivity contribution in [3.63, 3.8) is 0 Å². The maximum atomic E-state index is 13.1. The van der Waals surface area contributed by atoms with Gasteiger partial charge < -0.3 is 24.8 Å². The number of phenolic OH excluding ortho intramolecular Hbond substituents is 2. The molecule has 0 aliphatic rings. The number of fused-ring (bicyclic) bond motifs is 3. The van der Waals surface area contributed by atoms with Crippen LogP contribution in [0.5, 0.6) is 23.3 Å². The van der Waals surface area contributed by atoms with Crippen LogP contribution in [0.4, 0.5) is 0 Å². The van der Waals surface area contributed by atoms with E-state index in [0.717, 1.165) is 36.3 Å². The first-order valence-electron chi connectivity index (χ1n) is 10.9. The van der Waals surface area contributed by atoms with Gasteiger partial charge in [0.05, 0.1) is 16.4 Å². The fourth-order valence-corrected chi connectivity index (χ4v) is 4.02. The lowest BCUT2D eigenvalue weighted by Gasteiger charge is -2.15. The predicted octanol–water partition coefficient (Wildman–Crippen LogP) is 4.28. The highest BCUT2D eigenvalue weighted by molar-refractivity contribution is 6.06. The van der Waals surface area contributed by atoms with E-state index in [2.05, 4.69) is 34.8 Å². The van der Waals surface area contributed by atoms with E-state index in [-0.39, 0.29) is 28.8 Å². The highest BCUT2D eigenvalue weighted by Crippen LogP contribution is 2.39. The Bertz CT molecular complexity index is 1390. The van der Waals surface area contributed by atoms with Gasteiger partial charge in [0.15, 0.2) is 11.5 Å². The lowest BCUT2D eigenvalue weighted by molar-refractivity contribution is 0.338. The average molecular weight is 449 g/mol. The molecule has 0 fully saturated rings. The maximum absolute atomic E-state index is 13.1. The molecular formula is C25H28N4O4. The van der Waals surface area contributed by atoms with Gasteiger partial charge in [-0.25, -0.2) is 0 Å². The van der Waals surface area contributed by atoms with Crippen LogP contribution in [0.2, 0.25) is 0 Å². The summed E-state index contributed by atoms with van der Waals surface area (Å²) >= 11 is 0. The fraction of sp³-hybridized carbons (Fsp3) is 0.280. The minimum Gasteiger partial charge on any atom is -0.504 e. The van der Waals surface area contributed by atoms with Gasteiger partial charge in [-0.3, -0.25) is 9.36 Å². The number of hydrogen-bond acceptors (Lipinski definition) is 6. The van der Waals surface area contributed by atoms with Crippen LogP contribution in [-0.4, -0.2) is 49.3 Å². The number of aryl methyl sites for hydroxylation is 2. The number of rotatable bonds is 7. The van der Waals surface area contributed by atoms with Crippen molar-refractivity contribution in [1.82, 2.24) is 19.4 Å². The number of aromatic hydroxyl groups is 2. The van der Waals surface area contributed by atoms with Gasteiger partial charge >= 0.3 is 6.01 Å². The van der Waals surface area contributed by atoms with Gasteiger partial charge in [0.25, 0.3) is 5.56 Å². The molecule has 0 bridgehead atoms. The van der Waals surface area contributed by atoms with Gasteiger partial charge in [0.1, 0.15) is 0 Å². The van der Waals surface area contributed by atoms with E-state index in [0.29, 0.717) is 16.4 Å². The summed E-state index contributed by atoms with van der Waals surface area (Å²) in [5, 5.41) is 21.4. The summed E-state index contributed by atoms with van der Waals surface area (Å²) in [4.78, 5) is 22.9. The molecule has 0 unspecified atom stereocenters. The molecule has 4 rings (SSSR count). The number of aromatic amines is 1. The van der Waals surface area contributed by atoms with Crippen molar-refractivity contribution in [2.75, 3.05) is 19.6 Å². The Labute approximate surface area is 191 Å². The summed E-state index contributed by atoms with van der Waals surface area (Å²) in [5.74, 6) is -0.505. The zero-order chi connectivity index (χ0) is 23.7. The normalized spacial score (nSPS) is 11.9. The van der Waals surface area contributed by atoms with Crippen LogP contribution < -0.4 is 10.3 Å². The van der Waals surface area contributed by atoms with Crippen molar-refractivity contribution >= 4 is 27.9 Å². The zero-order valence-electron chi connectivity index (χ0n) is 19.2. The van der Waals surface area contributed by atoms with Crippen LogP contribution >= 0.6 is 0 Å². The number of para-hydroxylation sites is 1. The Balaban J connectivity index is 1.81. The minimum absolute atomic E-state index is 0.0917. The predicted molar refractivity (Wildman–Crippen MR) is 130 cm³/mol. The lowest BCUT2D eigenvalue weighted by atomic mass is 10.0. The first kappa shape index (κ1) is 22.4. The second kappa shape index (κ2) is 8.99. The number of nitrogens with one attached hydrogen (secondary N) is 1. The molecule has 0 radical (unpaired) electrons. The van der Waals surface area contributed by atoms with Crippen molar-refractivity contribution in [1.29, 1.82) is 0 Å². The molecule has 0 aliphatic carbocycles. The summed E-state index contributed by atoms with van der Waals surface area (Å²) in [6.45, 7) is 8.98. The second-order valence-electron chi connectivity index (χ2n) is 7.92. The molecule has 4 aromatic rings. The van der Waals surface area contributed by atoms with Gasteiger partial charge in [0.2, 0.25) is 5.75 Å². The Morgan fingerprint density at radius 3 is 2.52 bits per heavy atom. The van der Waals surface area contributed by atoms with E-state index < -0.39 is 0 Å². The van der Waals surface area contributed by atoms with Crippen molar-refractivity contribution in [3.05, 3.63) is 58.0 Å². The second-order valence-corrected chi connectivity index (χ2v) is 7.92. The number of imidazole rings is 1. The fourth-order valence-electron chi connectivity index (χ4n) is 4.02. The molecule has 8 nitrogen and oxygen atoms in total. The number of phenols is 2.